The van der Waals surface area contributed by atoms with Crippen LogP contribution in [0.15, 0.2) is 29.2 Å². The van der Waals surface area contributed by atoms with Gasteiger partial charge < -0.3 is 4.74 Å². The van der Waals surface area contributed by atoms with Crippen LogP contribution in [0.2, 0.25) is 0 Å². The van der Waals surface area contributed by atoms with Crippen LogP contribution in [0.3, 0.4) is 0 Å². The van der Waals surface area contributed by atoms with E-state index in [9.17, 15) is 8.42 Å². The maximum atomic E-state index is 12.6. The monoisotopic (exact) mass is 352 g/mol. The molecule has 3 rings (SSSR count). The third-order valence-corrected chi connectivity index (χ3v) is 6.50. The van der Waals surface area contributed by atoms with Crippen LogP contribution in [-0.2, 0) is 21.2 Å². The van der Waals surface area contributed by atoms with Gasteiger partial charge in [-0.15, -0.1) is 0 Å². The summed E-state index contributed by atoms with van der Waals surface area (Å²) < 4.78 is 33.8. The van der Waals surface area contributed by atoms with Gasteiger partial charge in [0, 0.05) is 25.2 Å². The van der Waals surface area contributed by atoms with E-state index in [2.05, 4.69) is 23.5 Å². The lowest BCUT2D eigenvalue weighted by atomic mass is 10.1. The smallest absolute Gasteiger partial charge is 0.240 e. The first-order chi connectivity index (χ1) is 11.5. The lowest BCUT2D eigenvalue weighted by Gasteiger charge is -2.33. The van der Waals surface area contributed by atoms with Gasteiger partial charge in [-0.2, -0.15) is 0 Å². The Kier molecular flexibility index (Phi) is 5.59. The van der Waals surface area contributed by atoms with Crippen LogP contribution >= 0.6 is 0 Å². The molecule has 5 nitrogen and oxygen atoms in total. The molecule has 1 N–H and O–H groups in total. The summed E-state index contributed by atoms with van der Waals surface area (Å²) in [6.45, 7) is 6.57. The minimum Gasteiger partial charge on any atom is -0.376 e. The fourth-order valence-corrected chi connectivity index (χ4v) is 4.87. The van der Waals surface area contributed by atoms with E-state index < -0.39 is 10.0 Å². The second-order valence-electron chi connectivity index (χ2n) is 7.05. The first-order valence-electron chi connectivity index (χ1n) is 8.95. The molecule has 0 unspecified atom stereocenters. The fraction of sp³-hybridized carbons (Fsp3) is 0.667. The Morgan fingerprint density at radius 2 is 2.00 bits per heavy atom. The van der Waals surface area contributed by atoms with Gasteiger partial charge in [0.1, 0.15) is 0 Å². The third kappa shape index (κ3) is 4.17. The summed E-state index contributed by atoms with van der Waals surface area (Å²) in [7, 11) is -3.45. The van der Waals surface area contributed by atoms with E-state index >= 15 is 0 Å². The number of rotatable bonds is 6. The van der Waals surface area contributed by atoms with Gasteiger partial charge in [0.15, 0.2) is 0 Å². The molecule has 0 amide bonds. The zero-order valence-corrected chi connectivity index (χ0v) is 15.4. The van der Waals surface area contributed by atoms with Gasteiger partial charge in [-0.05, 0) is 43.9 Å². The highest BCUT2D eigenvalue weighted by Gasteiger charge is 2.37. The van der Waals surface area contributed by atoms with Gasteiger partial charge in [0.25, 0.3) is 0 Å². The van der Waals surface area contributed by atoms with E-state index in [1.54, 1.807) is 12.1 Å². The zero-order chi connectivity index (χ0) is 17.2. The minimum absolute atomic E-state index is 0.0336. The highest BCUT2D eigenvalue weighted by atomic mass is 32.2. The number of aryl methyl sites for hydroxylation is 1. The van der Waals surface area contributed by atoms with Gasteiger partial charge in [0.05, 0.1) is 17.6 Å². The van der Waals surface area contributed by atoms with Crippen LogP contribution in [0.1, 0.15) is 38.7 Å². The highest BCUT2D eigenvalue weighted by molar-refractivity contribution is 7.89. The predicted octanol–water partition coefficient (Wildman–Crippen LogP) is 2.17. The van der Waals surface area contributed by atoms with E-state index in [0.29, 0.717) is 17.5 Å². The number of hydrogen-bond donors (Lipinski definition) is 1. The predicted molar refractivity (Wildman–Crippen MR) is 94.6 cm³/mol. The second kappa shape index (κ2) is 7.52. The van der Waals surface area contributed by atoms with Crippen molar-refractivity contribution in [2.24, 2.45) is 0 Å². The molecule has 1 aromatic rings. The van der Waals surface area contributed by atoms with Gasteiger partial charge >= 0.3 is 0 Å². The summed E-state index contributed by atoms with van der Waals surface area (Å²) in [6, 6.07) is 7.61. The molecule has 0 bridgehead atoms. The summed E-state index contributed by atoms with van der Waals surface area (Å²) in [5.41, 5.74) is 1.19. The summed E-state index contributed by atoms with van der Waals surface area (Å²) in [5.74, 6) is 0. The quantitative estimate of drug-likeness (QED) is 0.852. The number of morpholine rings is 1. The van der Waals surface area contributed by atoms with Crippen LogP contribution in [-0.4, -0.2) is 51.2 Å². The van der Waals surface area contributed by atoms with Crippen molar-refractivity contribution in [2.75, 3.05) is 19.7 Å². The van der Waals surface area contributed by atoms with E-state index in [-0.39, 0.29) is 12.1 Å². The number of sulfonamides is 1. The molecule has 2 saturated heterocycles. The Morgan fingerprint density at radius 1 is 1.25 bits per heavy atom. The molecule has 6 heteroatoms. The maximum Gasteiger partial charge on any atom is 0.240 e. The number of nitrogens with zero attached hydrogens (tertiary/aromatic N) is 1. The first-order valence-corrected chi connectivity index (χ1v) is 10.4. The summed E-state index contributed by atoms with van der Waals surface area (Å²) in [6.07, 6.45) is 4.32. The molecule has 0 saturated carbocycles. The zero-order valence-electron chi connectivity index (χ0n) is 14.6. The van der Waals surface area contributed by atoms with Crippen molar-refractivity contribution in [1.29, 1.82) is 0 Å². The van der Waals surface area contributed by atoms with E-state index in [1.807, 2.05) is 12.1 Å². The first kappa shape index (κ1) is 17.9. The summed E-state index contributed by atoms with van der Waals surface area (Å²) >= 11 is 0. The van der Waals surface area contributed by atoms with Crippen molar-refractivity contribution >= 4 is 10.0 Å². The molecule has 2 heterocycles. The maximum absolute atomic E-state index is 12.6. The number of benzene rings is 1. The van der Waals surface area contributed by atoms with Crippen LogP contribution in [0.4, 0.5) is 0 Å². The molecule has 2 aliphatic rings. The van der Waals surface area contributed by atoms with Crippen molar-refractivity contribution in [2.45, 2.75) is 62.6 Å². The van der Waals surface area contributed by atoms with Crippen LogP contribution in [0.5, 0.6) is 0 Å². The minimum atomic E-state index is -3.45. The lowest BCUT2D eigenvalue weighted by Crippen LogP contribution is -2.45. The molecule has 134 valence electrons. The Morgan fingerprint density at radius 3 is 2.71 bits per heavy atom. The number of hydrogen-bond acceptors (Lipinski definition) is 4. The van der Waals surface area contributed by atoms with E-state index in [0.717, 1.165) is 38.8 Å². The average molecular weight is 353 g/mol. The van der Waals surface area contributed by atoms with Crippen molar-refractivity contribution in [3.05, 3.63) is 29.8 Å². The third-order valence-electron chi connectivity index (χ3n) is 4.97. The van der Waals surface area contributed by atoms with Crippen molar-refractivity contribution in [3.8, 4) is 0 Å². The Hall–Kier alpha value is -0.950. The number of nitrogens with one attached hydrogen (secondary N) is 1. The van der Waals surface area contributed by atoms with Gasteiger partial charge in [0.2, 0.25) is 10.0 Å². The van der Waals surface area contributed by atoms with Crippen LogP contribution in [0.25, 0.3) is 0 Å². The summed E-state index contributed by atoms with van der Waals surface area (Å²) in [5, 5.41) is 0. The normalized spacial score (nSPS) is 28.0. The Balaban J connectivity index is 1.62. The van der Waals surface area contributed by atoms with Gasteiger partial charge in [-0.3, -0.25) is 4.90 Å². The van der Waals surface area contributed by atoms with Gasteiger partial charge in [-0.25, -0.2) is 13.1 Å². The highest BCUT2D eigenvalue weighted by Crippen LogP contribution is 2.24. The topological polar surface area (TPSA) is 58.6 Å². The SMILES string of the molecule is CCCCc1ccc(S(=O)(=O)N[C@H]2C[C@H]3CO[C@@H](C)CN3C2)cc1. The van der Waals surface area contributed by atoms with E-state index in [4.69, 9.17) is 4.74 Å². The number of ether oxygens (including phenoxy) is 1. The standard InChI is InChI=1S/C18H28N2O3S/c1-3-4-5-15-6-8-18(9-7-15)24(21,22)19-16-10-17-13-23-14(2)11-20(17)12-16/h6-9,14,16-17,19H,3-5,10-13H2,1-2H3/t14-,16-,17-/m0/s1. The molecule has 2 fully saturated rings. The van der Waals surface area contributed by atoms with Crippen LogP contribution in [0, 0.1) is 0 Å². The molecule has 2 aliphatic heterocycles. The molecule has 0 radical (unpaired) electrons. The van der Waals surface area contributed by atoms with Crippen molar-refractivity contribution in [1.82, 2.24) is 9.62 Å². The van der Waals surface area contributed by atoms with Crippen molar-refractivity contribution < 1.29 is 13.2 Å². The van der Waals surface area contributed by atoms with Gasteiger partial charge in [-0.1, -0.05) is 25.5 Å². The molecule has 3 atom stereocenters. The second-order valence-corrected chi connectivity index (χ2v) is 8.77. The van der Waals surface area contributed by atoms with Crippen molar-refractivity contribution in [3.63, 3.8) is 0 Å². The summed E-state index contributed by atoms with van der Waals surface area (Å²) in [4.78, 5) is 2.70. The Bertz CT molecular complexity index is 645. The van der Waals surface area contributed by atoms with Crippen LogP contribution < -0.4 is 4.72 Å². The molecular formula is C18H28N2O3S. The number of fused-ring (bicyclic) bond motifs is 1. The lowest BCUT2D eigenvalue weighted by molar-refractivity contribution is -0.0390. The molecular weight excluding hydrogens is 324 g/mol. The molecule has 24 heavy (non-hydrogen) atoms. The number of unbranched alkanes of at least 4 members (excludes halogenated alkanes) is 1. The Labute approximate surface area is 145 Å². The molecule has 0 spiro atoms. The molecule has 0 aromatic heterocycles. The molecule has 0 aliphatic carbocycles. The fourth-order valence-electron chi connectivity index (χ4n) is 3.63. The largest absolute Gasteiger partial charge is 0.376 e. The van der Waals surface area contributed by atoms with E-state index in [1.165, 1.54) is 5.56 Å². The average Bonchev–Trinajstić information content (AvgIpc) is 2.93. The molecule has 1 aromatic carbocycles.